The van der Waals surface area contributed by atoms with E-state index in [0.717, 1.165) is 5.56 Å². The van der Waals surface area contributed by atoms with Crippen LogP contribution in [0.25, 0.3) is 0 Å². The van der Waals surface area contributed by atoms with Gasteiger partial charge in [-0.25, -0.2) is 13.2 Å². The molecule has 0 aromatic heterocycles. The molecule has 110 valence electrons. The fourth-order valence-electron chi connectivity index (χ4n) is 2.32. The molecule has 7 heteroatoms. The number of nitrogens with two attached hydrogens (primary N) is 1. The van der Waals surface area contributed by atoms with Crippen molar-refractivity contribution in [1.82, 2.24) is 5.32 Å². The molecule has 1 aliphatic heterocycles. The Morgan fingerprint density at radius 3 is 2.80 bits per heavy atom. The normalized spacial score (nSPS) is 24.3. The van der Waals surface area contributed by atoms with Crippen molar-refractivity contribution < 1.29 is 13.2 Å². The van der Waals surface area contributed by atoms with Gasteiger partial charge in [-0.05, 0) is 31.0 Å². The van der Waals surface area contributed by atoms with Crippen molar-refractivity contribution in [1.29, 1.82) is 0 Å². The highest BCUT2D eigenvalue weighted by Crippen LogP contribution is 2.23. The first kappa shape index (κ1) is 14.8. The summed E-state index contributed by atoms with van der Waals surface area (Å²) in [6.45, 7) is 2.14. The number of urea groups is 1. The van der Waals surface area contributed by atoms with Gasteiger partial charge in [0.2, 0.25) is 0 Å². The van der Waals surface area contributed by atoms with E-state index in [1.807, 2.05) is 6.07 Å². The van der Waals surface area contributed by atoms with Crippen LogP contribution in [0.5, 0.6) is 0 Å². The molecule has 0 spiro atoms. The SMILES string of the molecule is CC1(NC(=O)Nc2cccc(CN)c2)CCS(=O)(=O)C1. The molecule has 1 heterocycles. The molecule has 1 aromatic carbocycles. The number of hydrogen-bond acceptors (Lipinski definition) is 4. The van der Waals surface area contributed by atoms with E-state index in [1.54, 1.807) is 25.1 Å². The number of sulfone groups is 1. The maximum Gasteiger partial charge on any atom is 0.319 e. The van der Waals surface area contributed by atoms with Crippen LogP contribution in [0.1, 0.15) is 18.9 Å². The minimum atomic E-state index is -3.04. The summed E-state index contributed by atoms with van der Waals surface area (Å²) in [4.78, 5) is 11.9. The van der Waals surface area contributed by atoms with E-state index in [4.69, 9.17) is 5.73 Å². The minimum absolute atomic E-state index is 0.0176. The summed E-state index contributed by atoms with van der Waals surface area (Å²) in [5.74, 6) is 0.0999. The standard InChI is InChI=1S/C13H19N3O3S/c1-13(5-6-20(18,19)9-13)16-12(17)15-11-4-2-3-10(7-11)8-14/h2-4,7H,5-6,8-9,14H2,1H3,(H2,15,16,17). The Kier molecular flexibility index (Phi) is 4.01. The Bertz CT molecular complexity index is 615. The van der Waals surface area contributed by atoms with Gasteiger partial charge in [0, 0.05) is 12.2 Å². The largest absolute Gasteiger partial charge is 0.332 e. The maximum atomic E-state index is 11.9. The molecule has 0 bridgehead atoms. The topological polar surface area (TPSA) is 101 Å². The van der Waals surface area contributed by atoms with Crippen LogP contribution in [0.15, 0.2) is 24.3 Å². The van der Waals surface area contributed by atoms with E-state index in [2.05, 4.69) is 10.6 Å². The van der Waals surface area contributed by atoms with Gasteiger partial charge in [-0.2, -0.15) is 0 Å². The van der Waals surface area contributed by atoms with Gasteiger partial charge >= 0.3 is 6.03 Å². The molecule has 0 aliphatic carbocycles. The molecule has 20 heavy (non-hydrogen) atoms. The number of amides is 2. The second-order valence-electron chi connectivity index (χ2n) is 5.39. The van der Waals surface area contributed by atoms with E-state index in [9.17, 15) is 13.2 Å². The smallest absolute Gasteiger partial charge is 0.319 e. The molecule has 1 unspecified atom stereocenters. The third kappa shape index (κ3) is 3.71. The van der Waals surface area contributed by atoms with Crippen LogP contribution in [0, 0.1) is 0 Å². The lowest BCUT2D eigenvalue weighted by Crippen LogP contribution is -2.48. The molecule has 0 radical (unpaired) electrons. The lowest BCUT2D eigenvalue weighted by Gasteiger charge is -2.24. The zero-order valence-electron chi connectivity index (χ0n) is 11.3. The maximum absolute atomic E-state index is 11.9. The van der Waals surface area contributed by atoms with E-state index in [-0.39, 0.29) is 11.5 Å². The summed E-state index contributed by atoms with van der Waals surface area (Å²) in [6.07, 6.45) is 0.436. The first-order valence-corrected chi connectivity index (χ1v) is 8.23. The van der Waals surface area contributed by atoms with Crippen LogP contribution in [0.3, 0.4) is 0 Å². The van der Waals surface area contributed by atoms with Gasteiger partial charge < -0.3 is 16.4 Å². The van der Waals surface area contributed by atoms with E-state index in [1.165, 1.54) is 0 Å². The van der Waals surface area contributed by atoms with Crippen LogP contribution in [-0.4, -0.2) is 31.5 Å². The summed E-state index contributed by atoms with van der Waals surface area (Å²) in [6, 6.07) is 6.81. The second kappa shape index (κ2) is 5.41. The van der Waals surface area contributed by atoms with Crippen molar-refractivity contribution in [2.24, 2.45) is 5.73 Å². The fraction of sp³-hybridized carbons (Fsp3) is 0.462. The summed E-state index contributed by atoms with van der Waals surface area (Å²) >= 11 is 0. The van der Waals surface area contributed by atoms with Crippen molar-refractivity contribution in [3.63, 3.8) is 0 Å². The molecule has 1 saturated heterocycles. The Morgan fingerprint density at radius 2 is 2.20 bits per heavy atom. The van der Waals surface area contributed by atoms with Gasteiger partial charge in [-0.3, -0.25) is 0 Å². The molecule has 4 N–H and O–H groups in total. The van der Waals surface area contributed by atoms with Crippen molar-refractivity contribution in [2.75, 3.05) is 16.8 Å². The van der Waals surface area contributed by atoms with Gasteiger partial charge in [0.1, 0.15) is 0 Å². The molecule has 1 fully saturated rings. The van der Waals surface area contributed by atoms with E-state index >= 15 is 0 Å². The number of nitrogens with one attached hydrogen (secondary N) is 2. The second-order valence-corrected chi connectivity index (χ2v) is 7.57. The number of rotatable bonds is 3. The molecule has 2 rings (SSSR count). The third-order valence-corrected chi connectivity index (χ3v) is 5.24. The molecule has 1 aromatic rings. The Balaban J connectivity index is 1.99. The highest BCUT2D eigenvalue weighted by atomic mass is 32.2. The first-order valence-electron chi connectivity index (χ1n) is 6.41. The van der Waals surface area contributed by atoms with Gasteiger partial charge in [0.15, 0.2) is 9.84 Å². The number of carbonyl (C=O) groups excluding carboxylic acids is 1. The van der Waals surface area contributed by atoms with Crippen LogP contribution < -0.4 is 16.4 Å². The lowest BCUT2D eigenvalue weighted by molar-refractivity contribution is 0.242. The number of carbonyl (C=O) groups is 1. The monoisotopic (exact) mass is 297 g/mol. The van der Waals surface area contributed by atoms with Crippen molar-refractivity contribution in [3.8, 4) is 0 Å². The van der Waals surface area contributed by atoms with E-state index in [0.29, 0.717) is 18.7 Å². The quantitative estimate of drug-likeness (QED) is 0.769. The Labute approximate surface area is 118 Å². The van der Waals surface area contributed by atoms with Crippen LogP contribution >= 0.6 is 0 Å². The Hall–Kier alpha value is -1.60. The number of anilines is 1. The van der Waals surface area contributed by atoms with Crippen molar-refractivity contribution in [3.05, 3.63) is 29.8 Å². The van der Waals surface area contributed by atoms with Gasteiger partial charge in [0.05, 0.1) is 17.0 Å². The summed E-state index contributed by atoms with van der Waals surface area (Å²) < 4.78 is 23.0. The van der Waals surface area contributed by atoms with Gasteiger partial charge in [-0.15, -0.1) is 0 Å². The first-order chi connectivity index (χ1) is 9.32. The van der Waals surface area contributed by atoms with Crippen LogP contribution in [0.2, 0.25) is 0 Å². The van der Waals surface area contributed by atoms with E-state index < -0.39 is 21.4 Å². The molecule has 2 amide bonds. The van der Waals surface area contributed by atoms with Gasteiger partial charge in [0.25, 0.3) is 0 Å². The summed E-state index contributed by atoms with van der Waals surface area (Å²) in [7, 11) is -3.04. The third-order valence-electron chi connectivity index (χ3n) is 3.34. The zero-order valence-corrected chi connectivity index (χ0v) is 12.2. The minimum Gasteiger partial charge on any atom is -0.332 e. The highest BCUT2D eigenvalue weighted by molar-refractivity contribution is 7.91. The average Bonchev–Trinajstić information content (AvgIpc) is 2.63. The average molecular weight is 297 g/mol. The molecule has 0 saturated carbocycles. The van der Waals surface area contributed by atoms with Crippen LogP contribution in [0.4, 0.5) is 10.5 Å². The molecular weight excluding hydrogens is 278 g/mol. The number of benzene rings is 1. The fourth-order valence-corrected chi connectivity index (χ4v) is 4.41. The molecular formula is C13H19N3O3S. The highest BCUT2D eigenvalue weighted by Gasteiger charge is 2.39. The Morgan fingerprint density at radius 1 is 1.45 bits per heavy atom. The molecule has 1 aliphatic rings. The number of hydrogen-bond donors (Lipinski definition) is 3. The van der Waals surface area contributed by atoms with Crippen molar-refractivity contribution >= 4 is 21.6 Å². The van der Waals surface area contributed by atoms with Crippen molar-refractivity contribution in [2.45, 2.75) is 25.4 Å². The molecule has 6 nitrogen and oxygen atoms in total. The predicted octanol–water partition coefficient (Wildman–Crippen LogP) is 0.844. The summed E-state index contributed by atoms with van der Waals surface area (Å²) in [5.41, 5.74) is 6.39. The lowest BCUT2D eigenvalue weighted by atomic mass is 10.0. The predicted molar refractivity (Wildman–Crippen MR) is 78.2 cm³/mol. The zero-order chi connectivity index (χ0) is 14.8. The summed E-state index contributed by atoms with van der Waals surface area (Å²) in [5, 5.41) is 5.43. The van der Waals surface area contributed by atoms with Gasteiger partial charge in [-0.1, -0.05) is 12.1 Å². The molecule has 1 atom stereocenters. The van der Waals surface area contributed by atoms with Crippen LogP contribution in [-0.2, 0) is 16.4 Å².